The molecule has 0 fully saturated rings. The Morgan fingerprint density at radius 2 is 1.96 bits per heavy atom. The predicted octanol–water partition coefficient (Wildman–Crippen LogP) is 3.27. The molecule has 146 valence electrons. The minimum atomic E-state index is -0.136. The average Bonchev–Trinajstić information content (AvgIpc) is 2.69. The van der Waals surface area contributed by atoms with Gasteiger partial charge in [-0.15, -0.1) is 0 Å². The topological polar surface area (TPSA) is 68.4 Å². The molecule has 3 aromatic rings. The summed E-state index contributed by atoms with van der Waals surface area (Å²) in [4.78, 5) is 17.4. The minimum absolute atomic E-state index is 0.0208. The fourth-order valence-corrected chi connectivity index (χ4v) is 3.56. The first kappa shape index (κ1) is 20.0. The summed E-state index contributed by atoms with van der Waals surface area (Å²) in [6.07, 6.45) is 0. The van der Waals surface area contributed by atoms with Crippen molar-refractivity contribution in [1.29, 1.82) is 0 Å². The van der Waals surface area contributed by atoms with E-state index in [1.165, 1.54) is 0 Å². The monoisotopic (exact) mass is 395 g/mol. The number of benzene rings is 2. The lowest BCUT2D eigenvalue weighted by Crippen LogP contribution is -2.42. The summed E-state index contributed by atoms with van der Waals surface area (Å²) >= 11 is 5.57. The van der Waals surface area contributed by atoms with E-state index in [9.17, 15) is 9.90 Å². The van der Waals surface area contributed by atoms with Crippen molar-refractivity contribution in [3.63, 3.8) is 0 Å². The quantitative estimate of drug-likeness (QED) is 0.559. The number of aromatic amines is 1. The van der Waals surface area contributed by atoms with Crippen LogP contribution in [0.1, 0.15) is 29.7 Å². The molecule has 0 spiro atoms. The molecule has 3 N–H and O–H groups in total. The van der Waals surface area contributed by atoms with E-state index in [0.717, 1.165) is 22.0 Å². The summed E-state index contributed by atoms with van der Waals surface area (Å²) in [6.45, 7) is 4.63. The number of aromatic nitrogens is 1. The van der Waals surface area contributed by atoms with E-state index in [-0.39, 0.29) is 18.2 Å². The summed E-state index contributed by atoms with van der Waals surface area (Å²) in [5.41, 5.74) is 3.48. The molecule has 2 aromatic carbocycles. The van der Waals surface area contributed by atoms with E-state index in [1.807, 2.05) is 73.3 Å². The molecule has 1 aromatic heterocycles. The highest BCUT2D eigenvalue weighted by Gasteiger charge is 2.15. The molecule has 0 unspecified atom stereocenters. The van der Waals surface area contributed by atoms with Gasteiger partial charge in [0.05, 0.1) is 24.7 Å². The van der Waals surface area contributed by atoms with Crippen molar-refractivity contribution in [1.82, 2.24) is 15.2 Å². The molecular weight excluding hydrogens is 370 g/mol. The summed E-state index contributed by atoms with van der Waals surface area (Å²) in [5.74, 6) is 0. The first-order valence-corrected chi connectivity index (χ1v) is 9.73. The van der Waals surface area contributed by atoms with Crippen LogP contribution in [0.25, 0.3) is 10.9 Å². The number of fused-ring (bicyclic) bond motifs is 1. The van der Waals surface area contributed by atoms with Crippen LogP contribution in [0.3, 0.4) is 0 Å². The Balaban J connectivity index is 1.81. The summed E-state index contributed by atoms with van der Waals surface area (Å²) in [7, 11) is 0. The van der Waals surface area contributed by atoms with Crippen molar-refractivity contribution in [2.75, 3.05) is 13.2 Å². The lowest BCUT2D eigenvalue weighted by molar-refractivity contribution is 0.244. The standard InChI is InChI=1S/C22H25N3O2S/c1-15-7-6-10-18-13-19(21(27)24-20(15)18)14-25(11-12-26)22(28)23-16(2)17-8-4-3-5-9-17/h3-10,13,16,26H,11-12,14H2,1-2H3,(H,23,28)(H,24,27)/t16-/m1/s1. The van der Waals surface area contributed by atoms with Gasteiger partial charge in [-0.3, -0.25) is 4.79 Å². The maximum atomic E-state index is 12.6. The molecule has 0 saturated carbocycles. The third kappa shape index (κ3) is 4.58. The molecule has 0 aliphatic rings. The molecule has 0 aliphatic carbocycles. The molecule has 1 atom stereocenters. The highest BCUT2D eigenvalue weighted by Crippen LogP contribution is 2.16. The van der Waals surface area contributed by atoms with Gasteiger partial charge in [0.1, 0.15) is 0 Å². The number of hydrogen-bond acceptors (Lipinski definition) is 3. The van der Waals surface area contributed by atoms with Gasteiger partial charge in [0.2, 0.25) is 0 Å². The van der Waals surface area contributed by atoms with E-state index < -0.39 is 0 Å². The van der Waals surface area contributed by atoms with E-state index in [1.54, 1.807) is 0 Å². The second kappa shape index (κ2) is 8.99. The Morgan fingerprint density at radius 1 is 1.21 bits per heavy atom. The van der Waals surface area contributed by atoms with Crippen LogP contribution >= 0.6 is 12.2 Å². The number of aryl methyl sites for hydroxylation is 1. The summed E-state index contributed by atoms with van der Waals surface area (Å²) < 4.78 is 0. The first-order valence-electron chi connectivity index (χ1n) is 9.32. The second-order valence-corrected chi connectivity index (χ2v) is 7.28. The largest absolute Gasteiger partial charge is 0.395 e. The van der Waals surface area contributed by atoms with Crippen LogP contribution in [-0.4, -0.2) is 33.3 Å². The van der Waals surface area contributed by atoms with Crippen molar-refractivity contribution in [3.8, 4) is 0 Å². The van der Waals surface area contributed by atoms with Crippen LogP contribution in [0.4, 0.5) is 0 Å². The fourth-order valence-electron chi connectivity index (χ4n) is 3.23. The van der Waals surface area contributed by atoms with Crippen molar-refractivity contribution in [2.24, 2.45) is 0 Å². The minimum Gasteiger partial charge on any atom is -0.395 e. The van der Waals surface area contributed by atoms with Crippen molar-refractivity contribution in [2.45, 2.75) is 26.4 Å². The van der Waals surface area contributed by atoms with Gasteiger partial charge in [0, 0.05) is 12.1 Å². The maximum absolute atomic E-state index is 12.6. The van der Waals surface area contributed by atoms with Gasteiger partial charge >= 0.3 is 0 Å². The number of aliphatic hydroxyl groups is 1. The van der Waals surface area contributed by atoms with E-state index in [2.05, 4.69) is 10.3 Å². The third-order valence-electron chi connectivity index (χ3n) is 4.82. The molecule has 0 amide bonds. The Hall–Kier alpha value is -2.70. The Kier molecular flexibility index (Phi) is 6.44. The van der Waals surface area contributed by atoms with Crippen LogP contribution in [-0.2, 0) is 6.54 Å². The number of nitrogens with zero attached hydrogens (tertiary/aromatic N) is 1. The highest BCUT2D eigenvalue weighted by molar-refractivity contribution is 7.80. The number of hydrogen-bond donors (Lipinski definition) is 3. The third-order valence-corrected chi connectivity index (χ3v) is 5.20. The summed E-state index contributed by atoms with van der Waals surface area (Å²) in [6, 6.07) is 17.9. The molecule has 1 heterocycles. The van der Waals surface area contributed by atoms with E-state index in [4.69, 9.17) is 12.2 Å². The molecule has 5 nitrogen and oxygen atoms in total. The zero-order valence-electron chi connectivity index (χ0n) is 16.1. The number of rotatable bonds is 6. The highest BCUT2D eigenvalue weighted by atomic mass is 32.1. The van der Waals surface area contributed by atoms with Crippen molar-refractivity contribution >= 4 is 28.2 Å². The molecule has 0 bridgehead atoms. The van der Waals surface area contributed by atoms with Gasteiger partial charge in [0.25, 0.3) is 5.56 Å². The van der Waals surface area contributed by atoms with E-state index in [0.29, 0.717) is 23.8 Å². The summed E-state index contributed by atoms with van der Waals surface area (Å²) in [5, 5.41) is 14.3. The molecule has 6 heteroatoms. The predicted molar refractivity (Wildman–Crippen MR) is 117 cm³/mol. The lowest BCUT2D eigenvalue weighted by atomic mass is 10.1. The fraction of sp³-hybridized carbons (Fsp3) is 0.273. The SMILES string of the molecule is Cc1cccc2cc(CN(CCO)C(=S)N[C@H](C)c3ccccc3)c(=O)[nH]c12. The number of para-hydroxylation sites is 1. The molecule has 0 aliphatic heterocycles. The van der Waals surface area contributed by atoms with E-state index >= 15 is 0 Å². The number of thiocarbonyl (C=S) groups is 1. The number of aliphatic hydroxyl groups excluding tert-OH is 1. The van der Waals surface area contributed by atoms with Gasteiger partial charge in [-0.25, -0.2) is 0 Å². The Bertz CT molecular complexity index is 1020. The Labute approximate surface area is 170 Å². The van der Waals surface area contributed by atoms with Crippen molar-refractivity contribution in [3.05, 3.63) is 81.6 Å². The first-order chi connectivity index (χ1) is 13.5. The van der Waals surface area contributed by atoms with Gasteiger partial charge in [-0.2, -0.15) is 0 Å². The normalized spacial score (nSPS) is 12.0. The van der Waals surface area contributed by atoms with Gasteiger partial charge in [-0.1, -0.05) is 48.5 Å². The number of nitrogens with one attached hydrogen (secondary N) is 2. The smallest absolute Gasteiger partial charge is 0.253 e. The molecule has 0 radical (unpaired) electrons. The average molecular weight is 396 g/mol. The molecule has 0 saturated heterocycles. The van der Waals surface area contributed by atoms with Crippen molar-refractivity contribution < 1.29 is 5.11 Å². The van der Waals surface area contributed by atoms with Crippen LogP contribution < -0.4 is 10.9 Å². The molecule has 3 rings (SSSR count). The molecular formula is C22H25N3O2S. The zero-order valence-corrected chi connectivity index (χ0v) is 16.9. The van der Waals surface area contributed by atoms with Gasteiger partial charge in [0.15, 0.2) is 5.11 Å². The molecule has 28 heavy (non-hydrogen) atoms. The lowest BCUT2D eigenvalue weighted by Gasteiger charge is -2.27. The van der Waals surface area contributed by atoms with Gasteiger partial charge < -0.3 is 20.3 Å². The number of pyridine rings is 1. The maximum Gasteiger partial charge on any atom is 0.253 e. The van der Waals surface area contributed by atoms with Crippen LogP contribution in [0.2, 0.25) is 0 Å². The zero-order chi connectivity index (χ0) is 20.1. The Morgan fingerprint density at radius 3 is 2.68 bits per heavy atom. The second-order valence-electron chi connectivity index (χ2n) is 6.89. The van der Waals surface area contributed by atoms with Crippen LogP contribution in [0, 0.1) is 6.92 Å². The van der Waals surface area contributed by atoms with Crippen LogP contribution in [0.15, 0.2) is 59.4 Å². The number of H-pyrrole nitrogens is 1. The van der Waals surface area contributed by atoms with Gasteiger partial charge in [-0.05, 0) is 48.6 Å². The van der Waals surface area contributed by atoms with Crippen LogP contribution in [0.5, 0.6) is 0 Å².